The van der Waals surface area contributed by atoms with Gasteiger partial charge in [-0.15, -0.1) is 5.10 Å². The molecule has 0 saturated carbocycles. The van der Waals surface area contributed by atoms with Gasteiger partial charge >= 0.3 is 5.97 Å². The second-order valence-corrected chi connectivity index (χ2v) is 3.76. The number of hydrogen-bond donors (Lipinski definition) is 1. The zero-order valence-corrected chi connectivity index (χ0v) is 9.70. The number of rotatable bonds is 5. The van der Waals surface area contributed by atoms with Crippen LogP contribution in [-0.2, 0) is 13.0 Å². The van der Waals surface area contributed by atoms with Crippen LogP contribution >= 0.6 is 0 Å². The number of aromatic carboxylic acids is 1. The van der Waals surface area contributed by atoms with E-state index in [2.05, 4.69) is 15.3 Å². The van der Waals surface area contributed by atoms with E-state index in [1.54, 1.807) is 24.5 Å². The Kier molecular flexibility index (Phi) is 3.79. The van der Waals surface area contributed by atoms with Gasteiger partial charge in [-0.3, -0.25) is 4.98 Å². The van der Waals surface area contributed by atoms with Crippen molar-refractivity contribution in [3.8, 4) is 0 Å². The summed E-state index contributed by atoms with van der Waals surface area (Å²) in [4.78, 5) is 14.6. The first-order valence-electron chi connectivity index (χ1n) is 5.43. The summed E-state index contributed by atoms with van der Waals surface area (Å²) in [6, 6.07) is 3.49. The van der Waals surface area contributed by atoms with Crippen LogP contribution in [0, 0.1) is 0 Å². The van der Waals surface area contributed by atoms with Crippen molar-refractivity contribution >= 4 is 5.97 Å². The van der Waals surface area contributed by atoms with Crippen LogP contribution in [0.2, 0.25) is 0 Å². The average molecular weight is 268 g/mol. The van der Waals surface area contributed by atoms with Gasteiger partial charge in [-0.1, -0.05) is 5.21 Å². The van der Waals surface area contributed by atoms with E-state index in [1.165, 1.54) is 0 Å². The Morgan fingerprint density at radius 3 is 2.63 bits per heavy atom. The first kappa shape index (κ1) is 13.1. The van der Waals surface area contributed by atoms with E-state index >= 15 is 0 Å². The molecule has 2 rings (SSSR count). The molecule has 0 unspecified atom stereocenters. The Balaban J connectivity index is 2.19. The molecule has 2 aromatic heterocycles. The number of carboxylic acids is 1. The predicted molar refractivity (Wildman–Crippen MR) is 59.9 cm³/mol. The van der Waals surface area contributed by atoms with Gasteiger partial charge in [-0.05, 0) is 24.1 Å². The van der Waals surface area contributed by atoms with Crippen molar-refractivity contribution in [2.24, 2.45) is 0 Å². The molecule has 19 heavy (non-hydrogen) atoms. The number of nitrogens with zero attached hydrogens (tertiary/aromatic N) is 4. The van der Waals surface area contributed by atoms with E-state index in [4.69, 9.17) is 5.11 Å². The number of hydrogen-bond acceptors (Lipinski definition) is 4. The Morgan fingerprint density at radius 1 is 1.37 bits per heavy atom. The van der Waals surface area contributed by atoms with Crippen LogP contribution in [0.5, 0.6) is 0 Å². The number of carboxylic acid groups (broad SMARTS) is 1. The lowest BCUT2D eigenvalue weighted by Gasteiger charge is -2.06. The van der Waals surface area contributed by atoms with Crippen molar-refractivity contribution in [1.29, 1.82) is 0 Å². The fourth-order valence-electron chi connectivity index (χ4n) is 1.64. The van der Waals surface area contributed by atoms with Crippen LogP contribution in [0.15, 0.2) is 24.5 Å². The number of carbonyl (C=O) groups is 1. The molecule has 0 aromatic carbocycles. The van der Waals surface area contributed by atoms with Crippen molar-refractivity contribution in [3.05, 3.63) is 41.5 Å². The van der Waals surface area contributed by atoms with E-state index in [1.807, 2.05) is 0 Å². The molecule has 2 aromatic rings. The van der Waals surface area contributed by atoms with Crippen LogP contribution in [0.4, 0.5) is 8.78 Å². The summed E-state index contributed by atoms with van der Waals surface area (Å²) in [5, 5.41) is 15.5. The Hall–Kier alpha value is -2.38. The first-order chi connectivity index (χ1) is 9.09. The second-order valence-electron chi connectivity index (χ2n) is 3.76. The highest BCUT2D eigenvalue weighted by Gasteiger charge is 2.25. The summed E-state index contributed by atoms with van der Waals surface area (Å²) in [5.74, 6) is -1.51. The molecule has 0 aliphatic heterocycles. The van der Waals surface area contributed by atoms with Gasteiger partial charge in [0.1, 0.15) is 5.69 Å². The van der Waals surface area contributed by atoms with Crippen molar-refractivity contribution < 1.29 is 18.7 Å². The topological polar surface area (TPSA) is 80.9 Å². The van der Waals surface area contributed by atoms with Gasteiger partial charge in [0.15, 0.2) is 5.69 Å². The van der Waals surface area contributed by atoms with Crippen LogP contribution in [0.3, 0.4) is 0 Å². The smallest absolute Gasteiger partial charge is 0.358 e. The number of aromatic nitrogens is 4. The third-order valence-electron chi connectivity index (χ3n) is 2.54. The Labute approximate surface area is 106 Å². The lowest BCUT2D eigenvalue weighted by molar-refractivity contribution is 0.0675. The molecule has 8 heteroatoms. The van der Waals surface area contributed by atoms with Gasteiger partial charge in [-0.2, -0.15) is 0 Å². The maximum absolute atomic E-state index is 12.8. The van der Waals surface area contributed by atoms with Gasteiger partial charge in [-0.25, -0.2) is 18.3 Å². The van der Waals surface area contributed by atoms with Crippen molar-refractivity contribution in [3.63, 3.8) is 0 Å². The number of halogens is 2. The SMILES string of the molecule is O=C(O)c1nnn(CCc2ccncc2)c1C(F)F. The third kappa shape index (κ3) is 2.90. The lowest BCUT2D eigenvalue weighted by atomic mass is 10.2. The predicted octanol–water partition coefficient (Wildman–Crippen LogP) is 1.55. The van der Waals surface area contributed by atoms with Crippen LogP contribution in [-0.4, -0.2) is 31.1 Å². The molecule has 0 aliphatic carbocycles. The molecular formula is C11H10F2N4O2. The third-order valence-corrected chi connectivity index (χ3v) is 2.54. The average Bonchev–Trinajstić information content (AvgIpc) is 2.81. The van der Waals surface area contributed by atoms with Gasteiger partial charge in [0.2, 0.25) is 0 Å². The van der Waals surface area contributed by atoms with E-state index in [-0.39, 0.29) is 6.54 Å². The van der Waals surface area contributed by atoms with E-state index in [9.17, 15) is 13.6 Å². The van der Waals surface area contributed by atoms with E-state index in [0.717, 1.165) is 10.2 Å². The number of alkyl halides is 2. The molecule has 0 bridgehead atoms. The highest BCUT2D eigenvalue weighted by molar-refractivity contribution is 5.86. The van der Waals surface area contributed by atoms with E-state index < -0.39 is 23.8 Å². The minimum Gasteiger partial charge on any atom is -0.476 e. The van der Waals surface area contributed by atoms with Gasteiger partial charge in [0, 0.05) is 18.9 Å². The standard InChI is InChI=1S/C11H10F2N4O2/c12-10(13)9-8(11(18)19)15-16-17(9)6-3-7-1-4-14-5-2-7/h1-2,4-5,10H,3,6H2,(H,18,19). The van der Waals surface area contributed by atoms with Crippen LogP contribution in [0.25, 0.3) is 0 Å². The number of aryl methyl sites for hydroxylation is 2. The summed E-state index contributed by atoms with van der Waals surface area (Å²) in [7, 11) is 0. The first-order valence-corrected chi connectivity index (χ1v) is 5.43. The fourth-order valence-corrected chi connectivity index (χ4v) is 1.64. The highest BCUT2D eigenvalue weighted by Crippen LogP contribution is 2.21. The zero-order chi connectivity index (χ0) is 13.8. The molecule has 0 fully saturated rings. The van der Waals surface area contributed by atoms with Gasteiger partial charge in [0.05, 0.1) is 0 Å². The van der Waals surface area contributed by atoms with Crippen molar-refractivity contribution in [2.45, 2.75) is 19.4 Å². The summed E-state index contributed by atoms with van der Waals surface area (Å²) in [6.07, 6.45) is 0.685. The van der Waals surface area contributed by atoms with E-state index in [0.29, 0.717) is 6.42 Å². The summed E-state index contributed by atoms with van der Waals surface area (Å²) >= 11 is 0. The molecule has 0 amide bonds. The fraction of sp³-hybridized carbons (Fsp3) is 0.273. The molecule has 6 nitrogen and oxygen atoms in total. The molecule has 0 spiro atoms. The Morgan fingerprint density at radius 2 is 2.05 bits per heavy atom. The van der Waals surface area contributed by atoms with Gasteiger partial charge < -0.3 is 5.11 Å². The largest absolute Gasteiger partial charge is 0.476 e. The normalized spacial score (nSPS) is 10.9. The van der Waals surface area contributed by atoms with Crippen LogP contribution in [0.1, 0.15) is 28.2 Å². The molecular weight excluding hydrogens is 258 g/mol. The quantitative estimate of drug-likeness (QED) is 0.889. The number of pyridine rings is 1. The Bertz CT molecular complexity index is 571. The molecule has 0 saturated heterocycles. The molecule has 0 atom stereocenters. The molecule has 0 radical (unpaired) electrons. The monoisotopic (exact) mass is 268 g/mol. The summed E-state index contributed by atoms with van der Waals surface area (Å²) < 4.78 is 26.6. The molecule has 0 aliphatic rings. The lowest BCUT2D eigenvalue weighted by Crippen LogP contribution is -2.10. The summed E-state index contributed by atoms with van der Waals surface area (Å²) in [6.45, 7) is 0.129. The highest BCUT2D eigenvalue weighted by atomic mass is 19.3. The van der Waals surface area contributed by atoms with Crippen molar-refractivity contribution in [2.75, 3.05) is 0 Å². The van der Waals surface area contributed by atoms with Gasteiger partial charge in [0.25, 0.3) is 6.43 Å². The zero-order valence-electron chi connectivity index (χ0n) is 9.70. The second kappa shape index (κ2) is 5.51. The molecule has 2 heterocycles. The summed E-state index contributed by atoms with van der Waals surface area (Å²) in [5.41, 5.74) is -0.478. The maximum Gasteiger partial charge on any atom is 0.358 e. The molecule has 1 N–H and O–H groups in total. The molecule has 100 valence electrons. The van der Waals surface area contributed by atoms with Crippen molar-refractivity contribution in [1.82, 2.24) is 20.0 Å². The van der Waals surface area contributed by atoms with Crippen LogP contribution < -0.4 is 0 Å². The minimum absolute atomic E-state index is 0.129. The maximum atomic E-state index is 12.8. The minimum atomic E-state index is -2.93.